The highest BCUT2D eigenvalue weighted by Gasteiger charge is 2.16. The topological polar surface area (TPSA) is 84.2 Å². The van der Waals surface area contributed by atoms with Crippen molar-refractivity contribution < 1.29 is 14.2 Å². The molecular formula is C18H19N5O3. The van der Waals surface area contributed by atoms with Gasteiger partial charge >= 0.3 is 0 Å². The lowest BCUT2D eigenvalue weighted by atomic mass is 10.2. The first kappa shape index (κ1) is 16.6. The van der Waals surface area contributed by atoms with E-state index >= 15 is 0 Å². The third-order valence-electron chi connectivity index (χ3n) is 4.11. The second-order valence-electron chi connectivity index (χ2n) is 5.89. The minimum absolute atomic E-state index is 0.00229. The zero-order valence-electron chi connectivity index (χ0n) is 14.4. The van der Waals surface area contributed by atoms with Crippen LogP contribution >= 0.6 is 0 Å². The number of nitrogens with zero attached hydrogens (tertiary/aromatic N) is 5. The summed E-state index contributed by atoms with van der Waals surface area (Å²) in [5.74, 6) is 1.34. The van der Waals surface area contributed by atoms with Crippen LogP contribution in [0.4, 0.5) is 0 Å². The number of hydrogen-bond acceptors (Lipinski definition) is 7. The Bertz CT molecular complexity index is 859. The molecule has 8 nitrogen and oxygen atoms in total. The van der Waals surface area contributed by atoms with E-state index in [1.54, 1.807) is 24.2 Å². The molecule has 0 N–H and O–H groups in total. The van der Waals surface area contributed by atoms with Gasteiger partial charge in [-0.05, 0) is 12.1 Å². The van der Waals surface area contributed by atoms with Gasteiger partial charge in [0.25, 0.3) is 0 Å². The number of rotatable bonds is 5. The summed E-state index contributed by atoms with van der Waals surface area (Å²) in [6.07, 6.45) is 5.34. The Kier molecular flexibility index (Phi) is 4.85. The van der Waals surface area contributed by atoms with Crippen molar-refractivity contribution >= 4 is 0 Å². The molecule has 0 saturated carbocycles. The average molecular weight is 353 g/mol. The Morgan fingerprint density at radius 1 is 1.19 bits per heavy atom. The van der Waals surface area contributed by atoms with E-state index in [0.717, 1.165) is 16.9 Å². The van der Waals surface area contributed by atoms with Crippen molar-refractivity contribution in [2.24, 2.45) is 0 Å². The molecule has 3 heterocycles. The van der Waals surface area contributed by atoms with Gasteiger partial charge in [0.05, 0.1) is 45.2 Å². The molecular weight excluding hydrogens is 334 g/mol. The van der Waals surface area contributed by atoms with Gasteiger partial charge in [-0.3, -0.25) is 0 Å². The fraction of sp³-hybridized carbons (Fsp3) is 0.333. The normalized spacial score (nSPS) is 17.2. The molecule has 3 aromatic rings. The number of aromatic nitrogens is 5. The maximum atomic E-state index is 5.63. The lowest BCUT2D eigenvalue weighted by molar-refractivity contribution is -0.0947. The number of para-hydroxylation sites is 1. The van der Waals surface area contributed by atoms with Crippen LogP contribution in [-0.4, -0.2) is 58.0 Å². The lowest BCUT2D eigenvalue weighted by Gasteiger charge is -2.22. The Morgan fingerprint density at radius 2 is 2.04 bits per heavy atom. The van der Waals surface area contributed by atoms with Gasteiger partial charge in [-0.25, -0.2) is 14.6 Å². The van der Waals surface area contributed by atoms with Crippen LogP contribution in [0.1, 0.15) is 0 Å². The molecule has 1 saturated heterocycles. The molecule has 1 atom stereocenters. The van der Waals surface area contributed by atoms with E-state index in [9.17, 15) is 0 Å². The molecule has 2 aromatic heterocycles. The van der Waals surface area contributed by atoms with E-state index in [2.05, 4.69) is 20.3 Å². The zero-order chi connectivity index (χ0) is 17.8. The fourth-order valence-electron chi connectivity index (χ4n) is 2.80. The predicted molar refractivity (Wildman–Crippen MR) is 93.6 cm³/mol. The van der Waals surface area contributed by atoms with Gasteiger partial charge in [-0.15, -0.1) is 5.10 Å². The van der Waals surface area contributed by atoms with Crippen molar-refractivity contribution in [1.82, 2.24) is 25.0 Å². The molecule has 0 amide bonds. The summed E-state index contributed by atoms with van der Waals surface area (Å²) in [5.41, 5.74) is 2.36. The molecule has 1 fully saturated rings. The molecule has 1 aliphatic heterocycles. The molecule has 0 unspecified atom stereocenters. The quantitative estimate of drug-likeness (QED) is 0.692. The van der Waals surface area contributed by atoms with Crippen LogP contribution in [0.5, 0.6) is 5.75 Å². The summed E-state index contributed by atoms with van der Waals surface area (Å²) in [6.45, 7) is 2.44. The van der Waals surface area contributed by atoms with Crippen LogP contribution in [0.2, 0.25) is 0 Å². The third-order valence-corrected chi connectivity index (χ3v) is 4.11. The predicted octanol–water partition coefficient (Wildman–Crippen LogP) is 1.83. The summed E-state index contributed by atoms with van der Waals surface area (Å²) < 4.78 is 18.2. The van der Waals surface area contributed by atoms with Gasteiger partial charge in [0.15, 0.2) is 5.82 Å². The minimum Gasteiger partial charge on any atom is -0.496 e. The second-order valence-corrected chi connectivity index (χ2v) is 5.89. The van der Waals surface area contributed by atoms with E-state index in [-0.39, 0.29) is 6.10 Å². The first-order valence-electron chi connectivity index (χ1n) is 8.39. The highest BCUT2D eigenvalue weighted by atomic mass is 16.6. The number of benzene rings is 1. The summed E-state index contributed by atoms with van der Waals surface area (Å²) >= 11 is 0. The SMILES string of the molecule is COc1ccccc1-c1ncc(-c2cn(C[C@@H]3COCCO3)nn2)cn1. The first-order valence-corrected chi connectivity index (χ1v) is 8.39. The standard InChI is InChI=1S/C18H19N5O3/c1-24-17-5-3-2-4-15(17)18-19-8-13(9-20-18)16-11-23(22-21-16)10-14-12-25-6-7-26-14/h2-5,8-9,11,14H,6-7,10,12H2,1H3/t14-/m1/s1. The number of methoxy groups -OCH3 is 1. The zero-order valence-corrected chi connectivity index (χ0v) is 14.4. The van der Waals surface area contributed by atoms with Crippen LogP contribution in [0.3, 0.4) is 0 Å². The average Bonchev–Trinajstić information content (AvgIpc) is 3.17. The van der Waals surface area contributed by atoms with Crippen molar-refractivity contribution in [1.29, 1.82) is 0 Å². The number of hydrogen-bond donors (Lipinski definition) is 0. The Morgan fingerprint density at radius 3 is 2.81 bits per heavy atom. The maximum Gasteiger partial charge on any atom is 0.162 e. The van der Waals surface area contributed by atoms with Crippen LogP contribution in [-0.2, 0) is 16.0 Å². The van der Waals surface area contributed by atoms with Crippen molar-refractivity contribution in [2.45, 2.75) is 12.6 Å². The number of ether oxygens (including phenoxy) is 3. The summed E-state index contributed by atoms with van der Waals surface area (Å²) in [6, 6.07) is 7.65. The largest absolute Gasteiger partial charge is 0.496 e. The summed E-state index contributed by atoms with van der Waals surface area (Å²) in [7, 11) is 1.63. The summed E-state index contributed by atoms with van der Waals surface area (Å²) in [4.78, 5) is 8.89. The first-order chi connectivity index (χ1) is 12.8. The van der Waals surface area contributed by atoms with E-state index in [1.807, 2.05) is 30.5 Å². The molecule has 8 heteroatoms. The summed E-state index contributed by atoms with van der Waals surface area (Å²) in [5, 5.41) is 8.35. The smallest absolute Gasteiger partial charge is 0.162 e. The van der Waals surface area contributed by atoms with Gasteiger partial charge in [0.2, 0.25) is 0 Å². The van der Waals surface area contributed by atoms with Crippen LogP contribution < -0.4 is 4.74 Å². The van der Waals surface area contributed by atoms with Gasteiger partial charge in [0.1, 0.15) is 17.5 Å². The molecule has 26 heavy (non-hydrogen) atoms. The highest BCUT2D eigenvalue weighted by molar-refractivity contribution is 5.65. The van der Waals surface area contributed by atoms with Gasteiger partial charge in [-0.2, -0.15) is 0 Å². The van der Waals surface area contributed by atoms with Crippen molar-refractivity contribution in [2.75, 3.05) is 26.9 Å². The van der Waals surface area contributed by atoms with Crippen LogP contribution in [0.25, 0.3) is 22.6 Å². The van der Waals surface area contributed by atoms with E-state index < -0.39 is 0 Å². The molecule has 0 spiro atoms. The molecule has 1 aromatic carbocycles. The van der Waals surface area contributed by atoms with Crippen molar-refractivity contribution in [3.8, 4) is 28.4 Å². The maximum absolute atomic E-state index is 5.63. The van der Waals surface area contributed by atoms with E-state index in [4.69, 9.17) is 14.2 Å². The van der Waals surface area contributed by atoms with E-state index in [0.29, 0.717) is 37.9 Å². The van der Waals surface area contributed by atoms with Gasteiger partial charge in [0, 0.05) is 18.0 Å². The van der Waals surface area contributed by atoms with Crippen molar-refractivity contribution in [3.63, 3.8) is 0 Å². The molecule has 0 radical (unpaired) electrons. The second kappa shape index (κ2) is 7.59. The van der Waals surface area contributed by atoms with Crippen LogP contribution in [0, 0.1) is 0 Å². The van der Waals surface area contributed by atoms with Crippen molar-refractivity contribution in [3.05, 3.63) is 42.9 Å². The Labute approximate surface area is 150 Å². The van der Waals surface area contributed by atoms with E-state index in [1.165, 1.54) is 0 Å². The molecule has 134 valence electrons. The highest BCUT2D eigenvalue weighted by Crippen LogP contribution is 2.27. The van der Waals surface area contributed by atoms with Gasteiger partial charge < -0.3 is 14.2 Å². The molecule has 0 bridgehead atoms. The van der Waals surface area contributed by atoms with Crippen LogP contribution in [0.15, 0.2) is 42.9 Å². The molecule has 0 aliphatic carbocycles. The fourth-order valence-corrected chi connectivity index (χ4v) is 2.80. The third kappa shape index (κ3) is 3.56. The van der Waals surface area contributed by atoms with Gasteiger partial charge in [-0.1, -0.05) is 17.3 Å². The monoisotopic (exact) mass is 353 g/mol. The molecule has 4 rings (SSSR count). The Hall–Kier alpha value is -2.84. The molecule has 1 aliphatic rings. The lowest BCUT2D eigenvalue weighted by Crippen LogP contribution is -2.32. The Balaban J connectivity index is 1.50. The minimum atomic E-state index is 0.00229.